The first-order chi connectivity index (χ1) is 13.4. The van der Waals surface area contributed by atoms with Crippen molar-refractivity contribution in [2.24, 2.45) is 0 Å². The second-order valence-electron chi connectivity index (χ2n) is 6.31. The number of carbonyl (C=O) groups excluding carboxylic acids is 2. The van der Waals surface area contributed by atoms with E-state index in [1.165, 1.54) is 34.1 Å². The average Bonchev–Trinajstić information content (AvgIpc) is 3.07. The van der Waals surface area contributed by atoms with E-state index in [0.29, 0.717) is 12.0 Å². The van der Waals surface area contributed by atoms with Crippen LogP contribution in [0.2, 0.25) is 0 Å². The summed E-state index contributed by atoms with van der Waals surface area (Å²) >= 11 is 4.36. The van der Waals surface area contributed by atoms with Crippen molar-refractivity contribution in [3.8, 4) is 0 Å². The largest absolute Gasteiger partial charge is 0.445 e. The molecule has 1 saturated heterocycles. The van der Waals surface area contributed by atoms with Gasteiger partial charge in [0.05, 0.1) is 18.1 Å². The molecule has 2 unspecified atom stereocenters. The summed E-state index contributed by atoms with van der Waals surface area (Å²) in [6.45, 7) is -0.272. The maximum atomic E-state index is 12.7. The Balaban J connectivity index is 2.01. The highest BCUT2D eigenvalue weighted by Gasteiger charge is 2.40. The zero-order chi connectivity index (χ0) is 20.7. The van der Waals surface area contributed by atoms with E-state index in [4.69, 9.17) is 14.9 Å². The summed E-state index contributed by atoms with van der Waals surface area (Å²) in [4.78, 5) is 37.9. The Morgan fingerprint density at radius 1 is 1.25 bits per heavy atom. The molecular formula is C17H23N3O7S. The van der Waals surface area contributed by atoms with E-state index in [-0.39, 0.29) is 56.3 Å². The highest BCUT2D eigenvalue weighted by atomic mass is 32.1. The molecule has 1 heterocycles. The molecule has 1 aliphatic rings. The average molecular weight is 413 g/mol. The van der Waals surface area contributed by atoms with E-state index in [2.05, 4.69) is 12.6 Å². The summed E-state index contributed by atoms with van der Waals surface area (Å²) in [6.07, 6.45) is -0.358. The first-order valence-corrected chi connectivity index (χ1v) is 9.24. The zero-order valence-corrected chi connectivity index (χ0v) is 16.0. The first-order valence-electron chi connectivity index (χ1n) is 8.72. The van der Waals surface area contributed by atoms with Crippen molar-refractivity contribution in [1.29, 1.82) is 0 Å². The molecular weight excluding hydrogens is 390 g/mol. The van der Waals surface area contributed by atoms with Crippen LogP contribution in [0.15, 0.2) is 24.3 Å². The molecule has 154 valence electrons. The Bertz CT molecular complexity index is 694. The fourth-order valence-electron chi connectivity index (χ4n) is 2.98. The molecule has 0 aromatic heterocycles. The van der Waals surface area contributed by atoms with E-state index in [1.807, 2.05) is 0 Å². The minimum atomic E-state index is -0.787. The minimum absolute atomic E-state index is 0.0544. The summed E-state index contributed by atoms with van der Waals surface area (Å²) in [7, 11) is 0. The molecule has 1 fully saturated rings. The number of thiol groups is 1. The number of likely N-dealkylation sites (tertiary alicyclic amines) is 1. The monoisotopic (exact) mass is 413 g/mol. The van der Waals surface area contributed by atoms with E-state index >= 15 is 0 Å². The van der Waals surface area contributed by atoms with Gasteiger partial charge in [0.2, 0.25) is 5.91 Å². The number of rotatable bonds is 8. The van der Waals surface area contributed by atoms with Crippen molar-refractivity contribution >= 4 is 30.3 Å². The van der Waals surface area contributed by atoms with Crippen molar-refractivity contribution < 1.29 is 29.5 Å². The van der Waals surface area contributed by atoms with Gasteiger partial charge in [0.1, 0.15) is 12.6 Å². The summed E-state index contributed by atoms with van der Waals surface area (Å²) in [5.74, 6) is -0.382. The van der Waals surface area contributed by atoms with Gasteiger partial charge in [0, 0.05) is 37.0 Å². The number of hydrogen-bond donors (Lipinski definition) is 3. The Morgan fingerprint density at radius 3 is 2.39 bits per heavy atom. The van der Waals surface area contributed by atoms with Gasteiger partial charge in [0.25, 0.3) is 5.69 Å². The van der Waals surface area contributed by atoms with Gasteiger partial charge in [-0.25, -0.2) is 4.79 Å². The fraction of sp³-hybridized carbons (Fsp3) is 0.529. The number of aliphatic hydroxyl groups excluding tert-OH is 2. The number of carbonyl (C=O) groups is 2. The molecule has 2 amide bonds. The van der Waals surface area contributed by atoms with Gasteiger partial charge < -0.3 is 19.8 Å². The standard InChI is InChI=1S/C17H23N3O7S/c21-7-5-18(6-8-22)16(23)15-9-14(28)10-19(15)17(24)27-11-12-1-3-13(4-2-12)20(25)26/h1-4,14-15,21-22,28H,5-11H2. The number of nitro groups is 1. The van der Waals surface area contributed by atoms with Crippen LogP contribution < -0.4 is 0 Å². The quantitative estimate of drug-likeness (QED) is 0.319. The Morgan fingerprint density at radius 2 is 1.86 bits per heavy atom. The van der Waals surface area contributed by atoms with E-state index in [1.54, 1.807) is 0 Å². The Labute approximate surface area is 167 Å². The molecule has 2 atom stereocenters. The van der Waals surface area contributed by atoms with Crippen LogP contribution in [0.25, 0.3) is 0 Å². The van der Waals surface area contributed by atoms with E-state index in [9.17, 15) is 19.7 Å². The zero-order valence-electron chi connectivity index (χ0n) is 15.1. The summed E-state index contributed by atoms with van der Waals surface area (Å²) in [5.41, 5.74) is 0.511. The molecule has 0 spiro atoms. The van der Waals surface area contributed by atoms with Gasteiger partial charge in [-0.1, -0.05) is 0 Å². The third kappa shape index (κ3) is 5.57. The van der Waals surface area contributed by atoms with Crippen molar-refractivity contribution in [1.82, 2.24) is 9.80 Å². The molecule has 2 rings (SSSR count). The van der Waals surface area contributed by atoms with Crippen LogP contribution in [0, 0.1) is 10.1 Å². The predicted octanol–water partition coefficient (Wildman–Crippen LogP) is 0.417. The minimum Gasteiger partial charge on any atom is -0.445 e. The molecule has 1 aliphatic heterocycles. The van der Waals surface area contributed by atoms with E-state index < -0.39 is 17.1 Å². The number of hydrogen-bond acceptors (Lipinski definition) is 8. The van der Waals surface area contributed by atoms with Crippen LogP contribution in [-0.2, 0) is 16.1 Å². The lowest BCUT2D eigenvalue weighted by molar-refractivity contribution is -0.384. The van der Waals surface area contributed by atoms with Gasteiger partial charge >= 0.3 is 6.09 Å². The molecule has 28 heavy (non-hydrogen) atoms. The maximum absolute atomic E-state index is 12.7. The van der Waals surface area contributed by atoms with Crippen LogP contribution in [0.5, 0.6) is 0 Å². The number of nitro benzene ring substituents is 1. The first kappa shape index (κ1) is 21.9. The lowest BCUT2D eigenvalue weighted by Gasteiger charge is -2.29. The van der Waals surface area contributed by atoms with Crippen LogP contribution in [0.4, 0.5) is 10.5 Å². The van der Waals surface area contributed by atoms with Crippen LogP contribution >= 0.6 is 12.6 Å². The van der Waals surface area contributed by atoms with Crippen LogP contribution in [0.3, 0.4) is 0 Å². The summed E-state index contributed by atoms with van der Waals surface area (Å²) in [5, 5.41) is 28.7. The third-order valence-electron chi connectivity index (χ3n) is 4.36. The molecule has 1 aromatic rings. The lowest BCUT2D eigenvalue weighted by Crippen LogP contribution is -2.49. The molecule has 10 nitrogen and oxygen atoms in total. The fourth-order valence-corrected chi connectivity index (χ4v) is 3.35. The molecule has 0 radical (unpaired) electrons. The van der Waals surface area contributed by atoms with E-state index in [0.717, 1.165) is 0 Å². The number of aliphatic hydroxyl groups is 2. The van der Waals surface area contributed by atoms with Gasteiger partial charge in [0.15, 0.2) is 0 Å². The number of non-ortho nitro benzene ring substituents is 1. The van der Waals surface area contributed by atoms with Crippen LogP contribution in [-0.4, -0.2) is 81.1 Å². The number of ether oxygens (including phenoxy) is 1. The Hall–Kier alpha value is -2.37. The van der Waals surface area contributed by atoms with Crippen molar-refractivity contribution in [3.63, 3.8) is 0 Å². The molecule has 11 heteroatoms. The number of benzene rings is 1. The predicted molar refractivity (Wildman–Crippen MR) is 102 cm³/mol. The van der Waals surface area contributed by atoms with Crippen molar-refractivity contribution in [2.45, 2.75) is 24.3 Å². The summed E-state index contributed by atoms with van der Waals surface area (Å²) in [6, 6.07) is 4.82. The second-order valence-corrected chi connectivity index (χ2v) is 7.04. The maximum Gasteiger partial charge on any atom is 0.410 e. The topological polar surface area (TPSA) is 133 Å². The van der Waals surface area contributed by atoms with Gasteiger partial charge in [-0.3, -0.25) is 19.8 Å². The molecule has 2 N–H and O–H groups in total. The highest BCUT2D eigenvalue weighted by molar-refractivity contribution is 7.81. The Kier molecular flexibility index (Phi) is 8.03. The van der Waals surface area contributed by atoms with Gasteiger partial charge in [-0.2, -0.15) is 12.6 Å². The van der Waals surface area contributed by atoms with Crippen molar-refractivity contribution in [3.05, 3.63) is 39.9 Å². The van der Waals surface area contributed by atoms with Gasteiger partial charge in [-0.05, 0) is 24.1 Å². The number of amides is 2. The normalized spacial score (nSPS) is 18.8. The number of nitrogens with zero attached hydrogens (tertiary/aromatic N) is 3. The van der Waals surface area contributed by atoms with Crippen LogP contribution in [0.1, 0.15) is 12.0 Å². The SMILES string of the molecule is O=C(C1CC(S)CN1C(=O)OCc1ccc([N+](=O)[O-])cc1)N(CCO)CCO. The van der Waals surface area contributed by atoms with Crippen molar-refractivity contribution in [2.75, 3.05) is 32.8 Å². The highest BCUT2D eigenvalue weighted by Crippen LogP contribution is 2.25. The smallest absolute Gasteiger partial charge is 0.410 e. The third-order valence-corrected chi connectivity index (χ3v) is 4.73. The van der Waals surface area contributed by atoms with Gasteiger partial charge in [-0.15, -0.1) is 0 Å². The molecule has 0 aliphatic carbocycles. The lowest BCUT2D eigenvalue weighted by atomic mass is 10.2. The molecule has 0 bridgehead atoms. The molecule has 0 saturated carbocycles. The second kappa shape index (κ2) is 10.2. The summed E-state index contributed by atoms with van der Waals surface area (Å²) < 4.78 is 5.25. The molecule has 1 aromatic carbocycles.